The molecule has 0 spiro atoms. The Morgan fingerprint density at radius 3 is 2.70 bits per heavy atom. The number of hydrogen-bond acceptors (Lipinski definition) is 5. The lowest BCUT2D eigenvalue weighted by Gasteiger charge is -2.33. The van der Waals surface area contributed by atoms with Crippen LogP contribution in [-0.2, 0) is 0 Å². The van der Waals surface area contributed by atoms with Crippen molar-refractivity contribution in [3.63, 3.8) is 0 Å². The van der Waals surface area contributed by atoms with Crippen LogP contribution in [0.1, 0.15) is 10.5 Å². The van der Waals surface area contributed by atoms with Crippen molar-refractivity contribution in [2.45, 2.75) is 0 Å². The van der Waals surface area contributed by atoms with Crippen molar-refractivity contribution >= 4 is 29.0 Å². The number of fused-ring (bicyclic) bond motifs is 1. The van der Waals surface area contributed by atoms with Gasteiger partial charge >= 0.3 is 5.97 Å². The van der Waals surface area contributed by atoms with Crippen molar-refractivity contribution in [1.82, 2.24) is 19.5 Å². The summed E-state index contributed by atoms with van der Waals surface area (Å²) in [7, 11) is 2.06. The Bertz CT molecular complexity index is 663. The summed E-state index contributed by atoms with van der Waals surface area (Å²) >= 11 is 6.02. The van der Waals surface area contributed by atoms with E-state index in [1.807, 2.05) is 0 Å². The third-order valence-corrected chi connectivity index (χ3v) is 3.72. The molecule has 106 valence electrons. The second kappa shape index (κ2) is 4.92. The van der Waals surface area contributed by atoms with Gasteiger partial charge in [0, 0.05) is 32.2 Å². The molecule has 1 aliphatic heterocycles. The summed E-state index contributed by atoms with van der Waals surface area (Å²) in [4.78, 5) is 19.6. The van der Waals surface area contributed by atoms with Crippen molar-refractivity contribution in [2.24, 2.45) is 0 Å². The molecule has 0 unspecified atom stereocenters. The Labute approximate surface area is 120 Å². The van der Waals surface area contributed by atoms with Crippen LogP contribution in [0, 0.1) is 0 Å². The Kier molecular flexibility index (Phi) is 3.23. The minimum Gasteiger partial charge on any atom is -0.477 e. The first kappa shape index (κ1) is 13.1. The summed E-state index contributed by atoms with van der Waals surface area (Å²) in [6.45, 7) is 3.46. The summed E-state index contributed by atoms with van der Waals surface area (Å²) in [5.74, 6) is -0.354. The maximum atomic E-state index is 11.2. The third kappa shape index (κ3) is 2.19. The van der Waals surface area contributed by atoms with Gasteiger partial charge in [-0.05, 0) is 7.05 Å². The molecule has 0 saturated carbocycles. The second-order valence-corrected chi connectivity index (χ2v) is 5.23. The highest BCUT2D eigenvalue weighted by Crippen LogP contribution is 2.23. The average Bonchev–Trinajstić information content (AvgIpc) is 2.80. The summed E-state index contributed by atoms with van der Waals surface area (Å²) in [5.41, 5.74) is 0.356. The number of nitrogens with zero attached hydrogens (tertiary/aromatic N) is 5. The number of aromatic nitrogens is 3. The highest BCUT2D eigenvalue weighted by Gasteiger charge is 2.21. The molecule has 2 aromatic heterocycles. The van der Waals surface area contributed by atoms with Crippen molar-refractivity contribution in [1.29, 1.82) is 0 Å². The SMILES string of the molecule is CN1CCN(c2cc(C(=O)O)nc3c(Cl)cnn23)CC1. The van der Waals surface area contributed by atoms with Crippen molar-refractivity contribution in [3.8, 4) is 0 Å². The van der Waals surface area contributed by atoms with E-state index < -0.39 is 5.97 Å². The molecule has 1 N–H and O–H groups in total. The molecule has 1 aliphatic rings. The zero-order valence-corrected chi connectivity index (χ0v) is 11.7. The summed E-state index contributed by atoms with van der Waals surface area (Å²) in [6, 6.07) is 1.55. The molecule has 7 nitrogen and oxygen atoms in total. The van der Waals surface area contributed by atoms with Gasteiger partial charge in [0.2, 0.25) is 0 Å². The zero-order valence-electron chi connectivity index (χ0n) is 11.0. The summed E-state index contributed by atoms with van der Waals surface area (Å²) in [5, 5.41) is 13.7. The number of rotatable bonds is 2. The highest BCUT2D eigenvalue weighted by molar-refractivity contribution is 6.33. The van der Waals surface area contributed by atoms with Gasteiger partial charge < -0.3 is 14.9 Å². The number of likely N-dealkylation sites (N-methyl/N-ethyl adjacent to an activating group) is 1. The van der Waals surface area contributed by atoms with Crippen LogP contribution in [0.25, 0.3) is 5.65 Å². The van der Waals surface area contributed by atoms with Gasteiger partial charge in [0.25, 0.3) is 0 Å². The minimum atomic E-state index is -1.07. The van der Waals surface area contributed by atoms with Crippen molar-refractivity contribution in [2.75, 3.05) is 38.1 Å². The molecule has 0 atom stereocenters. The molecular weight excluding hydrogens is 282 g/mol. The van der Waals surface area contributed by atoms with E-state index in [1.54, 1.807) is 10.6 Å². The van der Waals surface area contributed by atoms with Crippen LogP contribution in [0.4, 0.5) is 5.82 Å². The quantitative estimate of drug-likeness (QED) is 0.885. The molecule has 0 bridgehead atoms. The number of hydrogen-bond donors (Lipinski definition) is 1. The first-order chi connectivity index (χ1) is 9.56. The highest BCUT2D eigenvalue weighted by atomic mass is 35.5. The standard InChI is InChI=1S/C12H14ClN5O2/c1-16-2-4-17(5-3-16)10-6-9(12(19)20)15-11-8(13)7-14-18(10)11/h6-7H,2-5H2,1H3,(H,19,20). The van der Waals surface area contributed by atoms with E-state index in [-0.39, 0.29) is 5.69 Å². The van der Waals surface area contributed by atoms with Gasteiger partial charge in [0.05, 0.1) is 6.20 Å². The van der Waals surface area contributed by atoms with E-state index in [0.717, 1.165) is 26.2 Å². The van der Waals surface area contributed by atoms with Gasteiger partial charge in [0.1, 0.15) is 10.8 Å². The normalized spacial score (nSPS) is 16.8. The molecular formula is C12H14ClN5O2. The second-order valence-electron chi connectivity index (χ2n) is 4.82. The minimum absolute atomic E-state index is 0.0196. The van der Waals surface area contributed by atoms with E-state index in [4.69, 9.17) is 11.6 Å². The maximum Gasteiger partial charge on any atom is 0.354 e. The van der Waals surface area contributed by atoms with Gasteiger partial charge in [-0.1, -0.05) is 11.6 Å². The fourth-order valence-electron chi connectivity index (χ4n) is 2.29. The average molecular weight is 296 g/mol. The van der Waals surface area contributed by atoms with E-state index in [1.165, 1.54) is 6.20 Å². The van der Waals surface area contributed by atoms with Gasteiger partial charge in [-0.15, -0.1) is 0 Å². The van der Waals surface area contributed by atoms with E-state index in [0.29, 0.717) is 16.5 Å². The largest absolute Gasteiger partial charge is 0.477 e. The number of anilines is 1. The van der Waals surface area contributed by atoms with Crippen LogP contribution in [0.15, 0.2) is 12.3 Å². The Balaban J connectivity index is 2.10. The van der Waals surface area contributed by atoms with Crippen LogP contribution in [0.3, 0.4) is 0 Å². The number of carboxylic acids is 1. The van der Waals surface area contributed by atoms with Gasteiger partial charge in [-0.2, -0.15) is 9.61 Å². The number of carbonyl (C=O) groups is 1. The monoisotopic (exact) mass is 295 g/mol. The summed E-state index contributed by atoms with van der Waals surface area (Å²) < 4.78 is 1.60. The lowest BCUT2D eigenvalue weighted by atomic mass is 10.3. The first-order valence-electron chi connectivity index (χ1n) is 6.27. The topological polar surface area (TPSA) is 74.0 Å². The van der Waals surface area contributed by atoms with Crippen LogP contribution in [-0.4, -0.2) is 63.8 Å². The van der Waals surface area contributed by atoms with Crippen LogP contribution >= 0.6 is 11.6 Å². The van der Waals surface area contributed by atoms with E-state index in [9.17, 15) is 9.90 Å². The molecule has 0 amide bonds. The van der Waals surface area contributed by atoms with Crippen LogP contribution in [0.2, 0.25) is 5.02 Å². The summed E-state index contributed by atoms with van der Waals surface area (Å²) in [6.07, 6.45) is 1.48. The molecule has 3 heterocycles. The number of halogens is 1. The lowest BCUT2D eigenvalue weighted by molar-refractivity contribution is 0.0690. The Morgan fingerprint density at radius 2 is 2.05 bits per heavy atom. The molecule has 20 heavy (non-hydrogen) atoms. The van der Waals surface area contributed by atoms with E-state index in [2.05, 4.69) is 26.9 Å². The molecule has 0 aromatic carbocycles. The zero-order chi connectivity index (χ0) is 14.3. The van der Waals surface area contributed by atoms with Gasteiger partial charge in [-0.25, -0.2) is 9.78 Å². The first-order valence-corrected chi connectivity index (χ1v) is 6.65. The maximum absolute atomic E-state index is 11.2. The van der Waals surface area contributed by atoms with Crippen LogP contribution < -0.4 is 4.90 Å². The van der Waals surface area contributed by atoms with E-state index >= 15 is 0 Å². The van der Waals surface area contributed by atoms with Gasteiger partial charge in [-0.3, -0.25) is 0 Å². The number of carboxylic acid groups (broad SMARTS) is 1. The van der Waals surface area contributed by atoms with Crippen molar-refractivity contribution in [3.05, 3.63) is 23.0 Å². The molecule has 8 heteroatoms. The Hall–Kier alpha value is -1.86. The number of aromatic carboxylic acids is 1. The predicted octanol–water partition coefficient (Wildman–Crippen LogP) is 0.833. The molecule has 0 aliphatic carbocycles. The smallest absolute Gasteiger partial charge is 0.354 e. The Morgan fingerprint density at radius 1 is 1.35 bits per heavy atom. The molecule has 2 aromatic rings. The molecule has 0 radical (unpaired) electrons. The van der Waals surface area contributed by atoms with Gasteiger partial charge in [0.15, 0.2) is 11.3 Å². The van der Waals surface area contributed by atoms with Crippen LogP contribution in [0.5, 0.6) is 0 Å². The van der Waals surface area contributed by atoms with Crippen molar-refractivity contribution < 1.29 is 9.90 Å². The lowest BCUT2D eigenvalue weighted by Crippen LogP contribution is -2.45. The third-order valence-electron chi connectivity index (χ3n) is 3.46. The molecule has 3 rings (SSSR count). The molecule has 1 saturated heterocycles. The molecule has 1 fully saturated rings. The fraction of sp³-hybridized carbons (Fsp3) is 0.417. The number of piperazine rings is 1. The predicted molar refractivity (Wildman–Crippen MR) is 74.7 cm³/mol. The fourth-order valence-corrected chi connectivity index (χ4v) is 2.46.